The first kappa shape index (κ1) is 13.5. The molecule has 0 aliphatic rings. The number of ether oxygens (including phenoxy) is 1. The summed E-state index contributed by atoms with van der Waals surface area (Å²) >= 11 is 1.54. The predicted molar refractivity (Wildman–Crippen MR) is 73.2 cm³/mol. The van der Waals surface area contributed by atoms with Crippen molar-refractivity contribution in [1.82, 2.24) is 14.5 Å². The topological polar surface area (TPSA) is 83.0 Å². The number of rotatable bonds is 5. The summed E-state index contributed by atoms with van der Waals surface area (Å²) in [6.07, 6.45) is 2.48. The number of carbonyl (C=O) groups excluding carboxylic acids is 1. The molecule has 6 nitrogen and oxygen atoms in total. The van der Waals surface area contributed by atoms with E-state index in [1.165, 1.54) is 0 Å². The molecule has 19 heavy (non-hydrogen) atoms. The Labute approximate surface area is 115 Å². The largest absolute Gasteiger partial charge is 0.461 e. The first-order valence-corrected chi connectivity index (χ1v) is 6.94. The summed E-state index contributed by atoms with van der Waals surface area (Å²) in [6.45, 7) is 4.61. The van der Waals surface area contributed by atoms with E-state index in [1.54, 1.807) is 30.0 Å². The number of nitrogen functional groups attached to an aromatic ring is 1. The van der Waals surface area contributed by atoms with Crippen molar-refractivity contribution >= 4 is 23.1 Å². The number of nitrogens with two attached hydrogens (primary N) is 1. The standard InChI is InChI=1S/C12H16N4O2S/c1-3-9-15-10(12(17)18-4-2)11(13)16(9)6-8-5-14-7-19-8/h5,7H,3-4,6,13H2,1-2H3. The molecule has 2 heterocycles. The Kier molecular flexibility index (Phi) is 4.16. The summed E-state index contributed by atoms with van der Waals surface area (Å²) < 4.78 is 6.79. The van der Waals surface area contributed by atoms with Crippen LogP contribution >= 0.6 is 11.3 Å². The number of aromatic nitrogens is 3. The highest BCUT2D eigenvalue weighted by Crippen LogP contribution is 2.19. The fraction of sp³-hybridized carbons (Fsp3) is 0.417. The van der Waals surface area contributed by atoms with Crippen LogP contribution in [0.5, 0.6) is 0 Å². The van der Waals surface area contributed by atoms with Gasteiger partial charge in [0, 0.05) is 17.5 Å². The number of carbonyl (C=O) groups is 1. The molecule has 0 saturated carbocycles. The second-order valence-corrected chi connectivity index (χ2v) is 4.86. The van der Waals surface area contributed by atoms with E-state index >= 15 is 0 Å². The van der Waals surface area contributed by atoms with Crippen molar-refractivity contribution < 1.29 is 9.53 Å². The van der Waals surface area contributed by atoms with Crippen LogP contribution in [0.1, 0.15) is 35.0 Å². The molecule has 0 radical (unpaired) electrons. The third kappa shape index (κ3) is 2.76. The number of hydrogen-bond donors (Lipinski definition) is 1. The quantitative estimate of drug-likeness (QED) is 0.843. The van der Waals surface area contributed by atoms with Gasteiger partial charge in [0.05, 0.1) is 18.7 Å². The van der Waals surface area contributed by atoms with Crippen LogP contribution in [0.15, 0.2) is 11.7 Å². The van der Waals surface area contributed by atoms with Crippen LogP contribution in [0.2, 0.25) is 0 Å². The van der Waals surface area contributed by atoms with E-state index in [0.717, 1.165) is 10.7 Å². The fourth-order valence-corrected chi connectivity index (χ4v) is 2.37. The minimum atomic E-state index is -0.474. The van der Waals surface area contributed by atoms with E-state index in [-0.39, 0.29) is 5.69 Å². The molecular weight excluding hydrogens is 264 g/mol. The zero-order chi connectivity index (χ0) is 13.8. The summed E-state index contributed by atoms with van der Waals surface area (Å²) in [5, 5.41) is 0. The maximum absolute atomic E-state index is 11.8. The molecule has 102 valence electrons. The second-order valence-electron chi connectivity index (χ2n) is 3.89. The van der Waals surface area contributed by atoms with E-state index in [0.29, 0.717) is 25.4 Å². The highest BCUT2D eigenvalue weighted by molar-refractivity contribution is 7.09. The van der Waals surface area contributed by atoms with Crippen molar-refractivity contribution in [2.75, 3.05) is 12.3 Å². The van der Waals surface area contributed by atoms with Gasteiger partial charge in [-0.1, -0.05) is 6.92 Å². The number of nitrogens with zero attached hydrogens (tertiary/aromatic N) is 3. The van der Waals surface area contributed by atoms with Gasteiger partial charge in [-0.2, -0.15) is 0 Å². The Hall–Kier alpha value is -1.89. The molecule has 0 spiro atoms. The number of aryl methyl sites for hydroxylation is 1. The Bertz CT molecular complexity index is 563. The molecule has 0 bridgehead atoms. The van der Waals surface area contributed by atoms with Crippen LogP contribution in [0.4, 0.5) is 5.82 Å². The highest BCUT2D eigenvalue weighted by Gasteiger charge is 2.20. The van der Waals surface area contributed by atoms with E-state index in [2.05, 4.69) is 9.97 Å². The van der Waals surface area contributed by atoms with Gasteiger partial charge in [0.25, 0.3) is 0 Å². The molecular formula is C12H16N4O2S. The molecule has 0 unspecified atom stereocenters. The van der Waals surface area contributed by atoms with E-state index in [4.69, 9.17) is 10.5 Å². The van der Waals surface area contributed by atoms with E-state index in [1.807, 2.05) is 11.5 Å². The van der Waals surface area contributed by atoms with Crippen LogP contribution < -0.4 is 5.73 Å². The van der Waals surface area contributed by atoms with Gasteiger partial charge in [-0.25, -0.2) is 9.78 Å². The van der Waals surface area contributed by atoms with Crippen molar-refractivity contribution in [3.63, 3.8) is 0 Å². The lowest BCUT2D eigenvalue weighted by Crippen LogP contribution is -2.10. The van der Waals surface area contributed by atoms with Gasteiger partial charge in [-0.3, -0.25) is 4.98 Å². The Morgan fingerprint density at radius 3 is 2.89 bits per heavy atom. The van der Waals surface area contributed by atoms with Crippen LogP contribution in [0.25, 0.3) is 0 Å². The summed E-state index contributed by atoms with van der Waals surface area (Å²) in [5.74, 6) is 0.649. The van der Waals surface area contributed by atoms with Gasteiger partial charge in [-0.05, 0) is 6.92 Å². The molecule has 0 saturated heterocycles. The third-order valence-electron chi connectivity index (χ3n) is 2.67. The van der Waals surface area contributed by atoms with Crippen molar-refractivity contribution in [3.8, 4) is 0 Å². The number of esters is 1. The number of thiazole rings is 1. The Morgan fingerprint density at radius 2 is 2.32 bits per heavy atom. The fourth-order valence-electron chi connectivity index (χ4n) is 1.79. The molecule has 0 amide bonds. The van der Waals surface area contributed by atoms with Crippen LogP contribution in [-0.2, 0) is 17.7 Å². The van der Waals surface area contributed by atoms with Crippen LogP contribution in [0, 0.1) is 0 Å². The normalized spacial score (nSPS) is 10.6. The summed E-state index contributed by atoms with van der Waals surface area (Å²) in [7, 11) is 0. The monoisotopic (exact) mass is 280 g/mol. The molecule has 0 aliphatic heterocycles. The maximum Gasteiger partial charge on any atom is 0.360 e. The minimum Gasteiger partial charge on any atom is -0.461 e. The highest BCUT2D eigenvalue weighted by atomic mass is 32.1. The molecule has 2 aromatic rings. The van der Waals surface area contributed by atoms with Gasteiger partial charge in [-0.15, -0.1) is 11.3 Å². The van der Waals surface area contributed by atoms with E-state index in [9.17, 15) is 4.79 Å². The predicted octanol–water partition coefficient (Wildman–Crippen LogP) is 1.71. The van der Waals surface area contributed by atoms with Gasteiger partial charge in [0.2, 0.25) is 0 Å². The number of imidazole rings is 1. The molecule has 2 aromatic heterocycles. The molecule has 2 N–H and O–H groups in total. The average molecular weight is 280 g/mol. The van der Waals surface area contributed by atoms with E-state index < -0.39 is 5.97 Å². The zero-order valence-electron chi connectivity index (χ0n) is 10.9. The van der Waals surface area contributed by atoms with Gasteiger partial charge < -0.3 is 15.0 Å². The van der Waals surface area contributed by atoms with Crippen molar-refractivity contribution in [2.45, 2.75) is 26.8 Å². The molecule has 0 fully saturated rings. The first-order valence-electron chi connectivity index (χ1n) is 6.06. The molecule has 0 aliphatic carbocycles. The van der Waals surface area contributed by atoms with Gasteiger partial charge >= 0.3 is 5.97 Å². The van der Waals surface area contributed by atoms with Crippen molar-refractivity contribution in [3.05, 3.63) is 28.1 Å². The summed E-state index contributed by atoms with van der Waals surface area (Å²) in [6, 6.07) is 0. The lowest BCUT2D eigenvalue weighted by Gasteiger charge is -2.06. The Balaban J connectivity index is 2.34. The first-order chi connectivity index (χ1) is 9.17. The second kappa shape index (κ2) is 5.83. The zero-order valence-corrected chi connectivity index (χ0v) is 11.7. The lowest BCUT2D eigenvalue weighted by molar-refractivity contribution is 0.0521. The smallest absolute Gasteiger partial charge is 0.360 e. The van der Waals surface area contributed by atoms with Crippen LogP contribution in [-0.4, -0.2) is 27.1 Å². The van der Waals surface area contributed by atoms with Crippen molar-refractivity contribution in [1.29, 1.82) is 0 Å². The average Bonchev–Trinajstić information content (AvgIpc) is 3.00. The molecule has 0 aromatic carbocycles. The SMILES string of the molecule is CCOC(=O)c1nc(CC)n(Cc2cncs2)c1N. The third-order valence-corrected chi connectivity index (χ3v) is 3.43. The van der Waals surface area contributed by atoms with Crippen molar-refractivity contribution in [2.24, 2.45) is 0 Å². The maximum atomic E-state index is 11.8. The minimum absolute atomic E-state index is 0.197. The van der Waals surface area contributed by atoms with Crippen LogP contribution in [0.3, 0.4) is 0 Å². The lowest BCUT2D eigenvalue weighted by atomic mass is 10.4. The Morgan fingerprint density at radius 1 is 1.53 bits per heavy atom. The molecule has 0 atom stereocenters. The number of hydrogen-bond acceptors (Lipinski definition) is 6. The summed E-state index contributed by atoms with van der Waals surface area (Å²) in [5.41, 5.74) is 7.97. The summed E-state index contributed by atoms with van der Waals surface area (Å²) in [4.78, 5) is 21.1. The number of anilines is 1. The van der Waals surface area contributed by atoms with Gasteiger partial charge in [0.1, 0.15) is 11.6 Å². The molecule has 7 heteroatoms. The van der Waals surface area contributed by atoms with Gasteiger partial charge in [0.15, 0.2) is 5.69 Å². The molecule has 2 rings (SSSR count).